The Morgan fingerprint density at radius 1 is 1.60 bits per heavy atom. The molecule has 1 atom stereocenters. The topological polar surface area (TPSA) is 83.6 Å². The smallest absolute Gasteiger partial charge is 0.148 e. The summed E-state index contributed by atoms with van der Waals surface area (Å²) in [7, 11) is 0. The molecular weight excluding hydrogens is 134 g/mol. The van der Waals surface area contributed by atoms with Gasteiger partial charge in [0.25, 0.3) is 0 Å². The van der Waals surface area contributed by atoms with Gasteiger partial charge in [0.2, 0.25) is 0 Å². The Morgan fingerprint density at radius 3 is 2.60 bits per heavy atom. The van der Waals surface area contributed by atoms with Gasteiger partial charge in [-0.25, -0.2) is 0 Å². The first-order valence-corrected chi connectivity index (χ1v) is 3.21. The number of hydrogen-bond acceptors (Lipinski definition) is 4. The molecule has 0 heterocycles. The molecule has 1 unspecified atom stereocenters. The van der Waals surface area contributed by atoms with Gasteiger partial charge < -0.3 is 15.9 Å². The van der Waals surface area contributed by atoms with E-state index in [0.717, 1.165) is 0 Å². The minimum Gasteiger partial charge on any atom is -0.396 e. The fourth-order valence-electron chi connectivity index (χ4n) is 0.597. The van der Waals surface area contributed by atoms with Crippen molar-refractivity contribution in [2.24, 2.45) is 5.73 Å². The van der Waals surface area contributed by atoms with Crippen molar-refractivity contribution in [1.29, 1.82) is 0 Å². The predicted octanol–water partition coefficient (Wildman–Crippen LogP) is -1.35. The van der Waals surface area contributed by atoms with Crippen molar-refractivity contribution in [1.82, 2.24) is 0 Å². The van der Waals surface area contributed by atoms with Crippen LogP contribution in [0.15, 0.2) is 0 Å². The van der Waals surface area contributed by atoms with Gasteiger partial charge >= 0.3 is 0 Å². The predicted molar refractivity (Wildman–Crippen MR) is 36.4 cm³/mol. The minimum absolute atomic E-state index is 0.0392. The molecule has 0 saturated heterocycles. The molecule has 0 bridgehead atoms. The van der Waals surface area contributed by atoms with Crippen LogP contribution in [-0.2, 0) is 4.79 Å². The van der Waals surface area contributed by atoms with E-state index in [1.807, 2.05) is 0 Å². The molecule has 0 aliphatic rings. The van der Waals surface area contributed by atoms with Crippen LogP contribution in [-0.4, -0.2) is 35.3 Å². The third-order valence-electron chi connectivity index (χ3n) is 1.15. The van der Waals surface area contributed by atoms with E-state index in [-0.39, 0.29) is 31.8 Å². The van der Waals surface area contributed by atoms with Crippen LogP contribution >= 0.6 is 0 Å². The summed E-state index contributed by atoms with van der Waals surface area (Å²) in [6.45, 7) is -0.137. The zero-order valence-corrected chi connectivity index (χ0v) is 5.79. The standard InChI is InChI=1S/C6H13NO3/c7-4-6(10)3-5(9)1-2-8/h5,8-9H,1-4,7H2. The number of ketones is 1. The number of aliphatic hydroxyl groups excluding tert-OH is 2. The number of aliphatic hydroxyl groups is 2. The first-order valence-electron chi connectivity index (χ1n) is 3.21. The van der Waals surface area contributed by atoms with Crippen LogP contribution in [0.5, 0.6) is 0 Å². The lowest BCUT2D eigenvalue weighted by atomic mass is 10.1. The molecule has 0 radical (unpaired) electrons. The summed E-state index contributed by atoms with van der Waals surface area (Å²) in [5.41, 5.74) is 4.99. The molecular formula is C6H13NO3. The second-order valence-corrected chi connectivity index (χ2v) is 2.11. The maximum atomic E-state index is 10.5. The molecule has 0 spiro atoms. The Bertz CT molecular complexity index is 105. The molecule has 10 heavy (non-hydrogen) atoms. The zero-order chi connectivity index (χ0) is 7.98. The molecule has 0 amide bonds. The van der Waals surface area contributed by atoms with Gasteiger partial charge in [-0.2, -0.15) is 0 Å². The summed E-state index contributed by atoms with van der Waals surface area (Å²) in [6.07, 6.45) is -0.441. The highest BCUT2D eigenvalue weighted by Gasteiger charge is 2.07. The van der Waals surface area contributed by atoms with Crippen molar-refractivity contribution in [2.75, 3.05) is 13.2 Å². The second kappa shape index (κ2) is 5.34. The lowest BCUT2D eigenvalue weighted by Crippen LogP contribution is -2.20. The van der Waals surface area contributed by atoms with Crippen LogP contribution in [0.2, 0.25) is 0 Å². The van der Waals surface area contributed by atoms with E-state index in [9.17, 15) is 4.79 Å². The highest BCUT2D eigenvalue weighted by Crippen LogP contribution is 1.96. The van der Waals surface area contributed by atoms with Crippen molar-refractivity contribution in [3.05, 3.63) is 0 Å². The third-order valence-corrected chi connectivity index (χ3v) is 1.15. The SMILES string of the molecule is NCC(=O)CC(O)CCO. The average Bonchev–Trinajstić information content (AvgIpc) is 1.88. The fourth-order valence-corrected chi connectivity index (χ4v) is 0.597. The Hall–Kier alpha value is -0.450. The Labute approximate surface area is 59.7 Å². The van der Waals surface area contributed by atoms with Gasteiger partial charge in [0.1, 0.15) is 5.78 Å². The molecule has 0 rings (SSSR count). The zero-order valence-electron chi connectivity index (χ0n) is 5.79. The molecule has 4 nitrogen and oxygen atoms in total. The first-order chi connectivity index (χ1) is 4.70. The molecule has 0 aromatic rings. The molecule has 4 N–H and O–H groups in total. The number of nitrogens with two attached hydrogens (primary N) is 1. The van der Waals surface area contributed by atoms with Gasteiger partial charge in [-0.1, -0.05) is 0 Å². The van der Waals surface area contributed by atoms with Crippen LogP contribution < -0.4 is 5.73 Å². The number of Topliss-reactive ketones (excluding diaryl/α,β-unsaturated/α-hetero) is 1. The summed E-state index contributed by atoms with van der Waals surface area (Å²) in [5, 5.41) is 17.2. The highest BCUT2D eigenvalue weighted by atomic mass is 16.3. The van der Waals surface area contributed by atoms with Crippen LogP contribution in [0.4, 0.5) is 0 Å². The van der Waals surface area contributed by atoms with Crippen molar-refractivity contribution >= 4 is 5.78 Å². The number of carbonyl (C=O) groups is 1. The van der Waals surface area contributed by atoms with Crippen LogP contribution in [0, 0.1) is 0 Å². The molecule has 0 aliphatic carbocycles. The summed E-state index contributed by atoms with van der Waals surface area (Å²) < 4.78 is 0. The monoisotopic (exact) mass is 147 g/mol. The van der Waals surface area contributed by atoms with Gasteiger partial charge in [-0.15, -0.1) is 0 Å². The third kappa shape index (κ3) is 4.43. The maximum absolute atomic E-state index is 10.5. The first kappa shape index (κ1) is 9.55. The van der Waals surface area contributed by atoms with E-state index >= 15 is 0 Å². The van der Waals surface area contributed by atoms with E-state index in [1.165, 1.54) is 0 Å². The summed E-state index contributed by atoms with van der Waals surface area (Å²) >= 11 is 0. The Morgan fingerprint density at radius 2 is 2.20 bits per heavy atom. The molecule has 60 valence electrons. The van der Waals surface area contributed by atoms with Crippen molar-refractivity contribution in [3.63, 3.8) is 0 Å². The molecule has 4 heteroatoms. The number of carbonyl (C=O) groups excluding carboxylic acids is 1. The highest BCUT2D eigenvalue weighted by molar-refractivity contribution is 5.80. The second-order valence-electron chi connectivity index (χ2n) is 2.11. The van der Waals surface area contributed by atoms with E-state index in [2.05, 4.69) is 0 Å². The van der Waals surface area contributed by atoms with Gasteiger partial charge in [0, 0.05) is 13.0 Å². The van der Waals surface area contributed by atoms with Crippen molar-refractivity contribution in [2.45, 2.75) is 18.9 Å². The van der Waals surface area contributed by atoms with Crippen LogP contribution in [0.3, 0.4) is 0 Å². The van der Waals surface area contributed by atoms with Crippen molar-refractivity contribution in [3.8, 4) is 0 Å². The molecule has 0 aliphatic heterocycles. The fraction of sp³-hybridized carbons (Fsp3) is 0.833. The van der Waals surface area contributed by atoms with Crippen LogP contribution in [0.1, 0.15) is 12.8 Å². The lowest BCUT2D eigenvalue weighted by Gasteiger charge is -2.05. The maximum Gasteiger partial charge on any atom is 0.148 e. The van der Waals surface area contributed by atoms with E-state index in [4.69, 9.17) is 15.9 Å². The Kier molecular flexibility index (Phi) is 5.10. The van der Waals surface area contributed by atoms with Gasteiger partial charge in [0.05, 0.1) is 12.6 Å². The van der Waals surface area contributed by atoms with Crippen LogP contribution in [0.25, 0.3) is 0 Å². The van der Waals surface area contributed by atoms with Crippen molar-refractivity contribution < 1.29 is 15.0 Å². The minimum atomic E-state index is -0.735. The summed E-state index contributed by atoms with van der Waals surface area (Å²) in [4.78, 5) is 10.5. The van der Waals surface area contributed by atoms with Gasteiger partial charge in [-0.3, -0.25) is 4.79 Å². The molecule has 0 aromatic heterocycles. The lowest BCUT2D eigenvalue weighted by molar-refractivity contribution is -0.119. The van der Waals surface area contributed by atoms with E-state index < -0.39 is 6.10 Å². The molecule has 0 saturated carbocycles. The summed E-state index contributed by atoms with van der Waals surface area (Å²) in [6, 6.07) is 0. The summed E-state index contributed by atoms with van der Waals surface area (Å²) in [5.74, 6) is -0.180. The normalized spacial score (nSPS) is 13.1. The largest absolute Gasteiger partial charge is 0.396 e. The van der Waals surface area contributed by atoms with Gasteiger partial charge in [-0.05, 0) is 6.42 Å². The molecule has 0 aromatic carbocycles. The quantitative estimate of drug-likeness (QED) is 0.449. The van der Waals surface area contributed by atoms with E-state index in [0.29, 0.717) is 0 Å². The van der Waals surface area contributed by atoms with E-state index in [1.54, 1.807) is 0 Å². The number of hydrogen-bond donors (Lipinski definition) is 3. The van der Waals surface area contributed by atoms with Gasteiger partial charge in [0.15, 0.2) is 0 Å². The Balaban J connectivity index is 3.37. The molecule has 0 fully saturated rings. The average molecular weight is 147 g/mol. The number of rotatable bonds is 5.